The lowest BCUT2D eigenvalue weighted by atomic mass is 9.99. The third kappa shape index (κ3) is 2.61. The first-order valence-corrected chi connectivity index (χ1v) is 7.46. The van der Waals surface area contributed by atoms with Crippen LogP contribution in [-0.2, 0) is 9.53 Å². The summed E-state index contributed by atoms with van der Waals surface area (Å²) in [5, 5.41) is 12.2. The zero-order valence-electron chi connectivity index (χ0n) is 11.7. The van der Waals surface area contributed by atoms with Gasteiger partial charge in [0.1, 0.15) is 0 Å². The molecular formula is C14H22N2O4. The average molecular weight is 282 g/mol. The maximum Gasteiger partial charge on any atom is 0.317 e. The summed E-state index contributed by atoms with van der Waals surface area (Å²) in [5.74, 6) is -0.642. The molecule has 1 saturated carbocycles. The molecule has 3 fully saturated rings. The average Bonchev–Trinajstić information content (AvgIpc) is 3.00. The molecule has 0 aromatic rings. The van der Waals surface area contributed by atoms with E-state index in [0.717, 1.165) is 6.42 Å². The Morgan fingerprint density at radius 1 is 1.25 bits per heavy atom. The molecule has 20 heavy (non-hydrogen) atoms. The van der Waals surface area contributed by atoms with E-state index in [4.69, 9.17) is 9.84 Å². The fraction of sp³-hybridized carbons (Fsp3) is 0.857. The number of hydrogen-bond acceptors (Lipinski definition) is 3. The van der Waals surface area contributed by atoms with E-state index in [2.05, 4.69) is 5.32 Å². The van der Waals surface area contributed by atoms with E-state index in [1.54, 1.807) is 4.90 Å². The second-order valence-electron chi connectivity index (χ2n) is 6.34. The molecular weight excluding hydrogens is 260 g/mol. The summed E-state index contributed by atoms with van der Waals surface area (Å²) in [4.78, 5) is 25.0. The van der Waals surface area contributed by atoms with Gasteiger partial charge in [-0.15, -0.1) is 0 Å². The predicted octanol–water partition coefficient (Wildman–Crippen LogP) is 0.916. The first-order valence-electron chi connectivity index (χ1n) is 7.46. The molecule has 2 aliphatic heterocycles. The Balaban J connectivity index is 1.55. The van der Waals surface area contributed by atoms with E-state index in [9.17, 15) is 9.59 Å². The van der Waals surface area contributed by atoms with E-state index in [0.29, 0.717) is 25.6 Å². The maximum atomic E-state index is 12.3. The second-order valence-corrected chi connectivity index (χ2v) is 6.34. The summed E-state index contributed by atoms with van der Waals surface area (Å²) in [7, 11) is 0. The molecule has 6 heteroatoms. The molecule has 0 radical (unpaired) electrons. The predicted molar refractivity (Wildman–Crippen MR) is 71.3 cm³/mol. The van der Waals surface area contributed by atoms with Gasteiger partial charge in [-0.25, -0.2) is 4.79 Å². The van der Waals surface area contributed by atoms with Gasteiger partial charge in [0, 0.05) is 19.7 Å². The molecule has 3 rings (SSSR count). The van der Waals surface area contributed by atoms with Crippen LogP contribution in [0.4, 0.5) is 4.79 Å². The Kier molecular flexibility index (Phi) is 3.58. The Morgan fingerprint density at radius 2 is 2.00 bits per heavy atom. The minimum Gasteiger partial charge on any atom is -0.481 e. The zero-order chi connectivity index (χ0) is 14.3. The number of amides is 2. The Bertz CT molecular complexity index is 410. The van der Waals surface area contributed by atoms with E-state index in [-0.39, 0.29) is 24.1 Å². The number of hydrogen-bond donors (Lipinski definition) is 2. The lowest BCUT2D eigenvalue weighted by Crippen LogP contribution is -2.47. The van der Waals surface area contributed by atoms with E-state index >= 15 is 0 Å². The van der Waals surface area contributed by atoms with Crippen LogP contribution in [0.1, 0.15) is 26.2 Å². The van der Waals surface area contributed by atoms with Crippen LogP contribution in [0.25, 0.3) is 0 Å². The number of carbonyl (C=O) groups excluding carboxylic acids is 1. The first kappa shape index (κ1) is 13.7. The van der Waals surface area contributed by atoms with E-state index in [1.165, 1.54) is 12.8 Å². The quantitative estimate of drug-likeness (QED) is 0.806. The number of rotatable bonds is 3. The van der Waals surface area contributed by atoms with Crippen molar-refractivity contribution < 1.29 is 19.4 Å². The van der Waals surface area contributed by atoms with Gasteiger partial charge >= 0.3 is 12.0 Å². The number of ether oxygens (including phenoxy) is 1. The van der Waals surface area contributed by atoms with Gasteiger partial charge in [-0.3, -0.25) is 4.79 Å². The topological polar surface area (TPSA) is 78.9 Å². The fourth-order valence-corrected chi connectivity index (χ4v) is 3.36. The number of likely N-dealkylation sites (tertiary alicyclic amines) is 1. The summed E-state index contributed by atoms with van der Waals surface area (Å²) < 4.78 is 5.71. The fourth-order valence-electron chi connectivity index (χ4n) is 3.36. The number of aliphatic carboxylic acids is 1. The molecule has 112 valence electrons. The minimum atomic E-state index is -0.812. The van der Waals surface area contributed by atoms with Gasteiger partial charge in [-0.05, 0) is 31.1 Å². The molecule has 2 unspecified atom stereocenters. The van der Waals surface area contributed by atoms with Crippen LogP contribution in [0.15, 0.2) is 0 Å². The molecule has 3 aliphatic rings. The van der Waals surface area contributed by atoms with Crippen molar-refractivity contribution in [1.29, 1.82) is 0 Å². The molecule has 0 bridgehead atoms. The minimum absolute atomic E-state index is 0.0114. The molecule has 0 aromatic carbocycles. The molecule has 2 heterocycles. The number of carboxylic acid groups (broad SMARTS) is 1. The van der Waals surface area contributed by atoms with Crippen molar-refractivity contribution >= 4 is 12.0 Å². The second kappa shape index (κ2) is 5.24. The van der Waals surface area contributed by atoms with Gasteiger partial charge < -0.3 is 20.1 Å². The van der Waals surface area contributed by atoms with Gasteiger partial charge in [0.25, 0.3) is 0 Å². The number of carboxylic acids is 1. The van der Waals surface area contributed by atoms with Gasteiger partial charge in [0.2, 0.25) is 0 Å². The maximum absolute atomic E-state index is 12.3. The summed E-state index contributed by atoms with van der Waals surface area (Å²) in [6, 6.07) is -0.0454. The first-order chi connectivity index (χ1) is 9.56. The normalized spacial score (nSPS) is 37.1. The van der Waals surface area contributed by atoms with Crippen LogP contribution in [0.5, 0.6) is 0 Å². The molecule has 0 spiro atoms. The van der Waals surface area contributed by atoms with Crippen LogP contribution < -0.4 is 5.32 Å². The van der Waals surface area contributed by atoms with Crippen LogP contribution in [-0.4, -0.2) is 53.8 Å². The lowest BCUT2D eigenvalue weighted by Gasteiger charge is -2.23. The third-order valence-electron chi connectivity index (χ3n) is 4.75. The largest absolute Gasteiger partial charge is 0.481 e. The third-order valence-corrected chi connectivity index (χ3v) is 4.75. The van der Waals surface area contributed by atoms with Crippen molar-refractivity contribution in [2.75, 3.05) is 19.7 Å². The van der Waals surface area contributed by atoms with Crippen LogP contribution in [0, 0.1) is 17.8 Å². The number of carbonyl (C=O) groups is 2. The van der Waals surface area contributed by atoms with Crippen molar-refractivity contribution in [2.45, 2.75) is 38.3 Å². The number of nitrogens with zero attached hydrogens (tertiary/aromatic N) is 1. The summed E-state index contributed by atoms with van der Waals surface area (Å²) in [5.41, 5.74) is 0. The molecule has 4 atom stereocenters. The van der Waals surface area contributed by atoms with Crippen LogP contribution >= 0.6 is 0 Å². The van der Waals surface area contributed by atoms with Gasteiger partial charge in [0.15, 0.2) is 0 Å². The smallest absolute Gasteiger partial charge is 0.317 e. The van der Waals surface area contributed by atoms with Crippen molar-refractivity contribution in [3.63, 3.8) is 0 Å². The van der Waals surface area contributed by atoms with Crippen LogP contribution in [0.3, 0.4) is 0 Å². The standard InChI is InChI=1S/C14H22N2O4/c1-8-6-16(7-10(8)13(17)18)14(19)15-11-4-5-20-12(11)9-2-3-9/h8-12H,2-7H2,1H3,(H,15,19)(H,17,18)/t8-,10-,11?,12?/m1/s1. The highest BCUT2D eigenvalue weighted by Gasteiger charge is 2.43. The summed E-state index contributed by atoms with van der Waals surface area (Å²) in [6.45, 7) is 3.42. The SMILES string of the molecule is C[C@@H]1CN(C(=O)NC2CCOC2C2CC2)C[C@H]1C(=O)O. The van der Waals surface area contributed by atoms with Gasteiger partial charge in [-0.2, -0.15) is 0 Å². The number of urea groups is 1. The monoisotopic (exact) mass is 282 g/mol. The van der Waals surface area contributed by atoms with E-state index < -0.39 is 11.9 Å². The molecule has 2 N–H and O–H groups in total. The number of nitrogens with one attached hydrogen (secondary N) is 1. The van der Waals surface area contributed by atoms with Crippen LogP contribution in [0.2, 0.25) is 0 Å². The van der Waals surface area contributed by atoms with Crippen molar-refractivity contribution in [2.24, 2.45) is 17.8 Å². The highest BCUT2D eigenvalue weighted by atomic mass is 16.5. The van der Waals surface area contributed by atoms with Crippen molar-refractivity contribution in [1.82, 2.24) is 10.2 Å². The summed E-state index contributed by atoms with van der Waals surface area (Å²) >= 11 is 0. The Morgan fingerprint density at radius 3 is 2.60 bits per heavy atom. The molecule has 0 aromatic heterocycles. The molecule has 6 nitrogen and oxygen atoms in total. The molecule has 2 saturated heterocycles. The van der Waals surface area contributed by atoms with Gasteiger partial charge in [0.05, 0.1) is 18.1 Å². The molecule has 2 amide bonds. The Labute approximate surface area is 118 Å². The lowest BCUT2D eigenvalue weighted by molar-refractivity contribution is -0.142. The zero-order valence-corrected chi connectivity index (χ0v) is 11.7. The Hall–Kier alpha value is -1.30. The van der Waals surface area contributed by atoms with E-state index in [1.807, 2.05) is 6.92 Å². The summed E-state index contributed by atoms with van der Waals surface area (Å²) in [6.07, 6.45) is 3.41. The van der Waals surface area contributed by atoms with Gasteiger partial charge in [-0.1, -0.05) is 6.92 Å². The molecule has 1 aliphatic carbocycles. The van der Waals surface area contributed by atoms with Crippen molar-refractivity contribution in [3.05, 3.63) is 0 Å². The highest BCUT2D eigenvalue weighted by molar-refractivity contribution is 5.78. The highest BCUT2D eigenvalue weighted by Crippen LogP contribution is 2.38. The van der Waals surface area contributed by atoms with Crippen molar-refractivity contribution in [3.8, 4) is 0 Å².